The minimum atomic E-state index is -4.65. The lowest BCUT2D eigenvalue weighted by atomic mass is 10.1. The summed E-state index contributed by atoms with van der Waals surface area (Å²) in [4.78, 5) is 18.4. The number of ether oxygens (including phenoxy) is 1. The van der Waals surface area contributed by atoms with Crippen molar-refractivity contribution in [2.24, 2.45) is 5.73 Å². The third-order valence-corrected chi connectivity index (χ3v) is 4.95. The molecule has 10 heteroatoms. The van der Waals surface area contributed by atoms with E-state index in [0.29, 0.717) is 36.0 Å². The predicted molar refractivity (Wildman–Crippen MR) is 107 cm³/mol. The van der Waals surface area contributed by atoms with Crippen LogP contribution in [0.4, 0.5) is 19.0 Å². The molecule has 0 aliphatic carbocycles. The number of benzene rings is 1. The molecule has 1 aliphatic heterocycles. The number of nitrogens with one attached hydrogen (secondary N) is 1. The van der Waals surface area contributed by atoms with Gasteiger partial charge in [-0.25, -0.2) is 4.98 Å². The van der Waals surface area contributed by atoms with Gasteiger partial charge in [0.25, 0.3) is 5.91 Å². The van der Waals surface area contributed by atoms with Crippen LogP contribution in [0.2, 0.25) is 5.02 Å². The van der Waals surface area contributed by atoms with E-state index in [1.807, 2.05) is 6.92 Å². The highest BCUT2D eigenvalue weighted by molar-refractivity contribution is 6.34. The summed E-state index contributed by atoms with van der Waals surface area (Å²) in [5.74, 6) is 0.452. The van der Waals surface area contributed by atoms with Crippen molar-refractivity contribution in [2.75, 3.05) is 25.0 Å². The van der Waals surface area contributed by atoms with Gasteiger partial charge < -0.3 is 20.7 Å². The molecule has 1 aromatic carbocycles. The van der Waals surface area contributed by atoms with Crippen LogP contribution in [-0.2, 0) is 6.18 Å². The van der Waals surface area contributed by atoms with Crippen molar-refractivity contribution in [3.8, 4) is 5.75 Å². The zero-order valence-corrected chi connectivity index (χ0v) is 16.8. The monoisotopic (exact) mass is 440 g/mol. The number of carbonyl (C=O) groups is 1. The fourth-order valence-electron chi connectivity index (χ4n) is 3.09. The average Bonchev–Trinajstić information content (AvgIpc) is 2.70. The van der Waals surface area contributed by atoms with Crippen LogP contribution in [0, 0.1) is 0 Å². The molecular weight excluding hydrogens is 421 g/mol. The molecule has 0 atom stereocenters. The highest BCUT2D eigenvalue weighted by Crippen LogP contribution is 2.37. The molecule has 0 spiro atoms. The van der Waals surface area contributed by atoms with Crippen LogP contribution in [0.25, 0.3) is 0 Å². The van der Waals surface area contributed by atoms with Crippen LogP contribution >= 0.6 is 11.6 Å². The second kappa shape index (κ2) is 8.83. The van der Waals surface area contributed by atoms with Crippen molar-refractivity contribution in [1.29, 1.82) is 0 Å². The summed E-state index contributed by atoms with van der Waals surface area (Å²) in [5.41, 5.74) is 5.94. The van der Waals surface area contributed by atoms with E-state index >= 15 is 0 Å². The highest BCUT2D eigenvalue weighted by atomic mass is 35.5. The van der Waals surface area contributed by atoms with Gasteiger partial charge >= 0.3 is 6.18 Å². The van der Waals surface area contributed by atoms with Gasteiger partial charge in [-0.2, -0.15) is 13.2 Å². The van der Waals surface area contributed by atoms with Crippen molar-refractivity contribution in [1.82, 2.24) is 9.88 Å². The van der Waals surface area contributed by atoms with Gasteiger partial charge in [-0.15, -0.1) is 0 Å². The summed E-state index contributed by atoms with van der Waals surface area (Å²) >= 11 is 5.88. The highest BCUT2D eigenvalue weighted by Gasteiger charge is 2.35. The largest absolute Gasteiger partial charge is 0.490 e. The fourth-order valence-corrected chi connectivity index (χ4v) is 3.40. The Morgan fingerprint density at radius 1 is 1.33 bits per heavy atom. The Labute approximate surface area is 176 Å². The molecule has 0 unspecified atom stereocenters. The van der Waals surface area contributed by atoms with Crippen LogP contribution in [0.5, 0.6) is 5.75 Å². The van der Waals surface area contributed by atoms with E-state index in [2.05, 4.69) is 10.3 Å². The van der Waals surface area contributed by atoms with Crippen LogP contribution in [0.1, 0.15) is 29.3 Å². The van der Waals surface area contributed by atoms with Crippen LogP contribution in [0.15, 0.2) is 47.9 Å². The average molecular weight is 441 g/mol. The standard InChI is InChI=1S/C20H20ClF3N4O2/c1-2-30-16-7-4-9-26-18(16)27-15-8-10-28(11-14(15)25)19(29)12-5-3-6-13(17(12)21)20(22,23)24/h3-7,9H,2,8,10-11,25H2,1H3,(H,26,27). The molecule has 3 N–H and O–H groups in total. The normalized spacial score (nSPS) is 14.6. The van der Waals surface area contributed by atoms with E-state index in [9.17, 15) is 18.0 Å². The Bertz CT molecular complexity index is 979. The number of aromatic nitrogens is 1. The van der Waals surface area contributed by atoms with Crippen molar-refractivity contribution in [3.63, 3.8) is 0 Å². The summed E-state index contributed by atoms with van der Waals surface area (Å²) in [6, 6.07) is 6.79. The van der Waals surface area contributed by atoms with Crippen LogP contribution < -0.4 is 15.8 Å². The molecule has 2 heterocycles. The number of hydrogen-bond acceptors (Lipinski definition) is 5. The Hall–Kier alpha value is -2.94. The molecular formula is C20H20ClF3N4O2. The van der Waals surface area contributed by atoms with Gasteiger partial charge in [-0.3, -0.25) is 4.79 Å². The van der Waals surface area contributed by atoms with Gasteiger partial charge in [0, 0.05) is 30.6 Å². The Kier molecular flexibility index (Phi) is 6.40. The number of nitrogens with two attached hydrogens (primary N) is 1. The zero-order valence-electron chi connectivity index (χ0n) is 16.1. The molecule has 0 fully saturated rings. The molecule has 3 rings (SSSR count). The van der Waals surface area contributed by atoms with E-state index in [0.717, 1.165) is 12.1 Å². The van der Waals surface area contributed by atoms with Crippen molar-refractivity contribution < 1.29 is 22.7 Å². The number of nitrogens with zero attached hydrogens (tertiary/aromatic N) is 2. The molecule has 160 valence electrons. The first-order valence-corrected chi connectivity index (χ1v) is 9.57. The third-order valence-electron chi connectivity index (χ3n) is 4.54. The minimum Gasteiger partial charge on any atom is -0.490 e. The molecule has 30 heavy (non-hydrogen) atoms. The van der Waals surface area contributed by atoms with Crippen LogP contribution in [-0.4, -0.2) is 35.5 Å². The third kappa shape index (κ3) is 4.62. The van der Waals surface area contributed by atoms with Gasteiger partial charge in [-0.1, -0.05) is 17.7 Å². The summed E-state index contributed by atoms with van der Waals surface area (Å²) in [6.07, 6.45) is -2.67. The molecule has 1 aromatic heterocycles. The van der Waals surface area contributed by atoms with Gasteiger partial charge in [0.1, 0.15) is 0 Å². The number of anilines is 1. The second-order valence-corrected chi connectivity index (χ2v) is 6.93. The molecule has 6 nitrogen and oxygen atoms in total. The summed E-state index contributed by atoms with van der Waals surface area (Å²) in [5, 5.41) is 2.51. The maximum Gasteiger partial charge on any atom is 0.417 e. The predicted octanol–water partition coefficient (Wildman–Crippen LogP) is 4.28. The smallest absolute Gasteiger partial charge is 0.417 e. The number of halogens is 4. The number of amides is 1. The van der Waals surface area contributed by atoms with Gasteiger partial charge in [-0.05, 0) is 31.2 Å². The lowest BCUT2D eigenvalue weighted by Crippen LogP contribution is -2.40. The SMILES string of the molecule is CCOc1cccnc1NC1=C(N)CN(C(=O)c2cccc(C(F)(F)F)c2Cl)CC1. The summed E-state index contributed by atoms with van der Waals surface area (Å²) < 4.78 is 44.8. The quantitative estimate of drug-likeness (QED) is 0.725. The Morgan fingerprint density at radius 2 is 2.10 bits per heavy atom. The van der Waals surface area contributed by atoms with Crippen molar-refractivity contribution >= 4 is 23.3 Å². The molecule has 1 amide bonds. The van der Waals surface area contributed by atoms with Crippen LogP contribution in [0.3, 0.4) is 0 Å². The minimum absolute atomic E-state index is 0.0462. The molecule has 0 saturated carbocycles. The number of rotatable bonds is 5. The van der Waals surface area contributed by atoms with E-state index < -0.39 is 22.7 Å². The molecule has 0 radical (unpaired) electrons. The topological polar surface area (TPSA) is 80.5 Å². The number of carbonyl (C=O) groups excluding carboxylic acids is 1. The van der Waals surface area contributed by atoms with Gasteiger partial charge in [0.05, 0.1) is 29.3 Å². The van der Waals surface area contributed by atoms with E-state index in [4.69, 9.17) is 22.1 Å². The maximum absolute atomic E-state index is 13.1. The van der Waals surface area contributed by atoms with Gasteiger partial charge in [0.15, 0.2) is 11.6 Å². The zero-order chi connectivity index (χ0) is 21.9. The molecule has 1 aliphatic rings. The lowest BCUT2D eigenvalue weighted by molar-refractivity contribution is -0.137. The van der Waals surface area contributed by atoms with Crippen molar-refractivity contribution in [2.45, 2.75) is 19.5 Å². The number of pyridine rings is 1. The first-order chi connectivity index (χ1) is 14.2. The summed E-state index contributed by atoms with van der Waals surface area (Å²) in [6.45, 7) is 2.62. The second-order valence-electron chi connectivity index (χ2n) is 6.55. The maximum atomic E-state index is 13.1. The molecule has 0 saturated heterocycles. The first-order valence-electron chi connectivity index (χ1n) is 9.19. The van der Waals surface area contributed by atoms with E-state index in [1.54, 1.807) is 18.3 Å². The molecule has 2 aromatic rings. The van der Waals surface area contributed by atoms with Gasteiger partial charge in [0.2, 0.25) is 0 Å². The molecule has 0 bridgehead atoms. The summed E-state index contributed by atoms with van der Waals surface area (Å²) in [7, 11) is 0. The van der Waals surface area contributed by atoms with E-state index in [1.165, 1.54) is 11.0 Å². The number of hydrogen-bond donors (Lipinski definition) is 2. The van der Waals surface area contributed by atoms with E-state index in [-0.39, 0.29) is 18.7 Å². The van der Waals surface area contributed by atoms with Crippen molar-refractivity contribution in [3.05, 3.63) is 64.1 Å². The first kappa shape index (κ1) is 21.8. The Balaban J connectivity index is 1.79. The number of alkyl halides is 3. The fraction of sp³-hybridized carbons (Fsp3) is 0.300. The lowest BCUT2D eigenvalue weighted by Gasteiger charge is -2.30. The Morgan fingerprint density at radius 3 is 2.77 bits per heavy atom.